The molecule has 15 heavy (non-hydrogen) atoms. The third-order valence-electron chi connectivity index (χ3n) is 1.53. The van der Waals surface area contributed by atoms with E-state index in [0.717, 1.165) is 3.11 Å². The number of imide groups is 1. The summed E-state index contributed by atoms with van der Waals surface area (Å²) in [5.74, 6) is -0.169. The molecule has 1 aliphatic heterocycles. The minimum atomic E-state index is -3.76. The Labute approximate surface area is 123 Å². The van der Waals surface area contributed by atoms with E-state index in [2.05, 4.69) is 0 Å². The Bertz CT molecular complexity index is 269. The van der Waals surface area contributed by atoms with Gasteiger partial charge in [-0.15, -0.1) is 0 Å². The van der Waals surface area contributed by atoms with E-state index in [4.69, 9.17) is 10.3 Å². The van der Waals surface area contributed by atoms with Gasteiger partial charge in [0.1, 0.15) is 5.54 Å². The molecule has 3 amide bonds. The lowest BCUT2D eigenvalue weighted by Crippen LogP contribution is -3.98. The SMILES string of the molecule is CC1(C)C(=O)N(I)C(=O)N1I.[O-][I+2]([O-])O. The first-order chi connectivity index (χ1) is 6.62. The molecule has 0 atom stereocenters. The highest BCUT2D eigenvalue weighted by atomic mass is 127. The van der Waals surface area contributed by atoms with Crippen LogP contribution in [0, 0.1) is 0 Å². The molecule has 88 valence electrons. The van der Waals surface area contributed by atoms with E-state index in [1.54, 1.807) is 36.7 Å². The van der Waals surface area contributed by atoms with Gasteiger partial charge in [-0.05, 0) is 17.3 Å². The molecule has 1 heterocycles. The maximum atomic E-state index is 11.3. The van der Waals surface area contributed by atoms with E-state index in [0.29, 0.717) is 0 Å². The third kappa shape index (κ3) is 4.06. The van der Waals surface area contributed by atoms with Crippen LogP contribution >= 0.6 is 45.7 Å². The van der Waals surface area contributed by atoms with Gasteiger partial charge in [-0.2, -0.15) is 3.11 Å². The Hall–Kier alpha value is 1.01. The first-order valence-corrected chi connectivity index (χ1v) is 8.02. The van der Waals surface area contributed by atoms with Crippen molar-refractivity contribution in [2.45, 2.75) is 19.4 Å². The highest BCUT2D eigenvalue weighted by Crippen LogP contribution is 2.32. The van der Waals surface area contributed by atoms with Gasteiger partial charge in [0, 0.05) is 0 Å². The van der Waals surface area contributed by atoms with Crippen molar-refractivity contribution in [2.24, 2.45) is 0 Å². The Morgan fingerprint density at radius 2 is 1.67 bits per heavy atom. The summed E-state index contributed by atoms with van der Waals surface area (Å²) in [5, 5.41) is 0. The average molecular weight is 556 g/mol. The summed E-state index contributed by atoms with van der Waals surface area (Å²) < 4.78 is 27.0. The average Bonchev–Trinajstić information content (AvgIpc) is 2.21. The molecule has 0 aliphatic carbocycles. The van der Waals surface area contributed by atoms with Crippen LogP contribution in [0.1, 0.15) is 13.8 Å². The molecule has 0 bridgehead atoms. The van der Waals surface area contributed by atoms with Crippen LogP contribution in [-0.2, 0) is 4.79 Å². The molecular weight excluding hydrogens is 549 g/mol. The molecule has 0 radical (unpaired) electrons. The number of urea groups is 1. The van der Waals surface area contributed by atoms with Gasteiger partial charge >= 0.3 is 27.1 Å². The fourth-order valence-electron chi connectivity index (χ4n) is 0.727. The summed E-state index contributed by atoms with van der Waals surface area (Å²) in [7, 11) is 0. The predicted octanol–water partition coefficient (Wildman–Crippen LogP) is -4.20. The first kappa shape index (κ1) is 16.0. The van der Waals surface area contributed by atoms with Crippen LogP contribution in [0.3, 0.4) is 0 Å². The number of hydrogen-bond acceptors (Lipinski definition) is 5. The molecule has 1 saturated heterocycles. The lowest BCUT2D eigenvalue weighted by atomic mass is 10.1. The summed E-state index contributed by atoms with van der Waals surface area (Å²) in [6.45, 7) is 3.44. The number of halogens is 3. The standard InChI is InChI=1S/C5H6I2N2O2.HIO3/c1-5(2)3(10)8(6)4(11)9(5)7;2-1(3)4/h1-2H3;2H. The number of carbonyl (C=O) groups excluding carboxylic acids is 2. The van der Waals surface area contributed by atoms with Crippen LogP contribution in [0.15, 0.2) is 0 Å². The van der Waals surface area contributed by atoms with Crippen LogP contribution in [0.4, 0.5) is 4.79 Å². The van der Waals surface area contributed by atoms with E-state index in [9.17, 15) is 9.59 Å². The smallest absolute Gasteiger partial charge is 0.396 e. The summed E-state index contributed by atoms with van der Waals surface area (Å²) >= 11 is -0.203. The highest BCUT2D eigenvalue weighted by molar-refractivity contribution is 14.1. The van der Waals surface area contributed by atoms with E-state index < -0.39 is 26.6 Å². The molecule has 0 spiro atoms. The van der Waals surface area contributed by atoms with Crippen LogP contribution < -0.4 is 27.9 Å². The normalized spacial score (nSPS) is 19.5. The zero-order valence-electron chi connectivity index (χ0n) is 7.61. The van der Waals surface area contributed by atoms with Crippen molar-refractivity contribution in [3.05, 3.63) is 0 Å². The monoisotopic (exact) mass is 556 g/mol. The van der Waals surface area contributed by atoms with Crippen molar-refractivity contribution >= 4 is 57.7 Å². The van der Waals surface area contributed by atoms with Gasteiger partial charge in [0.2, 0.25) is 0 Å². The summed E-state index contributed by atoms with van der Waals surface area (Å²) in [4.78, 5) is 22.4. The van der Waals surface area contributed by atoms with Crippen LogP contribution in [0.5, 0.6) is 0 Å². The molecular formula is C5H7I3N2O5. The zero-order chi connectivity index (χ0) is 12.4. The second-order valence-corrected chi connectivity index (χ2v) is 5.99. The van der Waals surface area contributed by atoms with Gasteiger partial charge in [-0.1, -0.05) is 0 Å². The van der Waals surface area contributed by atoms with Gasteiger partial charge in [0.05, 0.1) is 45.7 Å². The topological polar surface area (TPSA) is 107 Å². The molecule has 0 unspecified atom stereocenters. The number of carbonyl (C=O) groups is 2. The fraction of sp³-hybridized carbons (Fsp3) is 0.600. The second kappa shape index (κ2) is 6.08. The van der Waals surface area contributed by atoms with Crippen molar-refractivity contribution in [1.82, 2.24) is 6.23 Å². The van der Waals surface area contributed by atoms with Gasteiger partial charge in [0.15, 0.2) is 0 Å². The molecule has 1 aliphatic rings. The van der Waals surface area contributed by atoms with Crippen molar-refractivity contribution in [3.63, 3.8) is 0 Å². The maximum Gasteiger partial charge on any atom is 0.503 e. The molecule has 1 fully saturated rings. The lowest BCUT2D eigenvalue weighted by molar-refractivity contribution is -1.63. The number of nitrogens with zero attached hydrogens (tertiary/aromatic N) is 2. The molecule has 0 saturated carbocycles. The predicted molar refractivity (Wildman–Crippen MR) is 58.4 cm³/mol. The first-order valence-electron chi connectivity index (χ1n) is 3.37. The third-order valence-corrected chi connectivity index (χ3v) is 4.00. The van der Waals surface area contributed by atoms with Crippen molar-refractivity contribution in [2.75, 3.05) is 0 Å². The van der Waals surface area contributed by atoms with Crippen LogP contribution in [-0.4, -0.2) is 27.1 Å². The van der Waals surface area contributed by atoms with E-state index in [1.165, 1.54) is 3.11 Å². The van der Waals surface area contributed by atoms with E-state index >= 15 is 0 Å². The van der Waals surface area contributed by atoms with Crippen molar-refractivity contribution in [1.29, 1.82) is 0 Å². The van der Waals surface area contributed by atoms with Gasteiger partial charge in [0.25, 0.3) is 5.91 Å². The van der Waals surface area contributed by atoms with Gasteiger partial charge < -0.3 is 6.87 Å². The number of rotatable bonds is 0. The van der Waals surface area contributed by atoms with Crippen molar-refractivity contribution in [3.8, 4) is 0 Å². The number of hydrogen-bond donors (Lipinski definition) is 1. The minimum absolute atomic E-state index is 0.169. The lowest BCUT2D eigenvalue weighted by Gasteiger charge is -2.19. The largest absolute Gasteiger partial charge is 0.503 e. The van der Waals surface area contributed by atoms with Crippen LogP contribution in [0.2, 0.25) is 0 Å². The van der Waals surface area contributed by atoms with Gasteiger partial charge in [-0.25, -0.2) is 4.79 Å². The highest BCUT2D eigenvalue weighted by Gasteiger charge is 2.49. The van der Waals surface area contributed by atoms with Crippen LogP contribution in [0.25, 0.3) is 0 Å². The summed E-state index contributed by atoms with van der Waals surface area (Å²) in [6.07, 6.45) is 0. The second-order valence-electron chi connectivity index (χ2n) is 2.91. The molecule has 0 aromatic rings. The Morgan fingerprint density at radius 1 is 1.33 bits per heavy atom. The van der Waals surface area contributed by atoms with Gasteiger partial charge in [-0.3, -0.25) is 7.91 Å². The van der Waals surface area contributed by atoms with Crippen molar-refractivity contribution < 1.29 is 41.0 Å². The Kier molecular flexibility index (Phi) is 6.49. The molecule has 0 aromatic carbocycles. The molecule has 1 N–H and O–H groups in total. The zero-order valence-corrected chi connectivity index (χ0v) is 14.1. The maximum absolute atomic E-state index is 11.3. The fourth-order valence-corrected chi connectivity index (χ4v) is 2.37. The summed E-state index contributed by atoms with van der Waals surface area (Å²) in [6, 6.07) is -0.263. The Balaban J connectivity index is 0.000000423. The number of amides is 3. The molecule has 0 aromatic heterocycles. The Morgan fingerprint density at radius 3 is 1.73 bits per heavy atom. The molecule has 10 heteroatoms. The molecule has 1 rings (SSSR count). The minimum Gasteiger partial charge on any atom is -0.396 e. The summed E-state index contributed by atoms with van der Waals surface area (Å²) in [5.41, 5.74) is -0.696. The molecule has 7 nitrogen and oxygen atoms in total. The quantitative estimate of drug-likeness (QED) is 0.185. The van der Waals surface area contributed by atoms with E-state index in [-0.39, 0.29) is 11.9 Å². The van der Waals surface area contributed by atoms with E-state index in [1.807, 2.05) is 22.9 Å².